The fourth-order valence-corrected chi connectivity index (χ4v) is 5.69. The number of carbonyl (C=O) groups excluding carboxylic acids is 1. The minimum absolute atomic E-state index is 0.0327. The molecule has 1 amide bonds. The number of rotatable bonds is 1. The average Bonchev–Trinajstić information content (AvgIpc) is 3.17. The van der Waals surface area contributed by atoms with Crippen molar-refractivity contribution in [1.82, 2.24) is 0 Å². The first-order chi connectivity index (χ1) is 13.1. The molecule has 5 rings (SSSR count). The lowest BCUT2D eigenvalue weighted by molar-refractivity contribution is -0.163. The third-order valence-electron chi connectivity index (χ3n) is 6.72. The summed E-state index contributed by atoms with van der Waals surface area (Å²) in [6.45, 7) is 2.00. The van der Waals surface area contributed by atoms with Crippen molar-refractivity contribution >= 4 is 11.6 Å². The van der Waals surface area contributed by atoms with Crippen molar-refractivity contribution in [2.75, 3.05) is 11.5 Å². The normalized spacial score (nSPS) is 41.3. The number of carbonyl (C=O) groups is 1. The summed E-state index contributed by atoms with van der Waals surface area (Å²) >= 11 is 0. The number of anilines is 1. The van der Waals surface area contributed by atoms with Gasteiger partial charge in [0.15, 0.2) is 0 Å². The van der Waals surface area contributed by atoms with Crippen LogP contribution in [-0.2, 0) is 20.4 Å². The molecule has 28 heavy (non-hydrogen) atoms. The van der Waals surface area contributed by atoms with Crippen LogP contribution in [-0.4, -0.2) is 41.2 Å². The summed E-state index contributed by atoms with van der Waals surface area (Å²) in [5, 5.41) is 19.6. The largest absolute Gasteiger partial charge is 0.417 e. The molecule has 1 aromatic carbocycles. The molecule has 1 N–H and O–H groups in total. The van der Waals surface area contributed by atoms with Crippen molar-refractivity contribution in [3.63, 3.8) is 0 Å². The second kappa shape index (κ2) is 5.26. The lowest BCUT2D eigenvalue weighted by atomic mass is 9.65. The Morgan fingerprint density at radius 2 is 2.14 bits per heavy atom. The molecule has 2 bridgehead atoms. The third-order valence-corrected chi connectivity index (χ3v) is 6.72. The number of alkyl halides is 3. The summed E-state index contributed by atoms with van der Waals surface area (Å²) in [5.41, 5.74) is -3.35. The smallest absolute Gasteiger partial charge is 0.390 e. The Kier molecular flexibility index (Phi) is 3.36. The fourth-order valence-electron chi connectivity index (χ4n) is 5.69. The second-order valence-corrected chi connectivity index (χ2v) is 8.15. The molecule has 0 saturated carbocycles. The van der Waals surface area contributed by atoms with Crippen LogP contribution in [0.2, 0.25) is 0 Å². The summed E-state index contributed by atoms with van der Waals surface area (Å²) < 4.78 is 52.1. The van der Waals surface area contributed by atoms with Gasteiger partial charge in [0.05, 0.1) is 47.3 Å². The van der Waals surface area contributed by atoms with Crippen LogP contribution in [0.3, 0.4) is 0 Å². The maximum atomic E-state index is 13.4. The van der Waals surface area contributed by atoms with Gasteiger partial charge in [-0.05, 0) is 25.1 Å². The van der Waals surface area contributed by atoms with E-state index in [1.54, 1.807) is 13.0 Å². The summed E-state index contributed by atoms with van der Waals surface area (Å²) in [7, 11) is 0. The number of aliphatic hydroxyl groups excluding tert-OH is 1. The maximum Gasteiger partial charge on any atom is 0.417 e. The minimum Gasteiger partial charge on any atom is -0.390 e. The lowest BCUT2D eigenvalue weighted by Gasteiger charge is -2.43. The molecule has 148 valence electrons. The number of halogens is 3. The highest BCUT2D eigenvalue weighted by Crippen LogP contribution is 2.65. The van der Waals surface area contributed by atoms with E-state index < -0.39 is 52.7 Å². The first-order valence-corrected chi connectivity index (χ1v) is 9.07. The van der Waals surface area contributed by atoms with Gasteiger partial charge < -0.3 is 14.6 Å². The Hall–Kier alpha value is -2.15. The van der Waals surface area contributed by atoms with Gasteiger partial charge in [0.2, 0.25) is 5.91 Å². The molecule has 4 aliphatic heterocycles. The van der Waals surface area contributed by atoms with Crippen molar-refractivity contribution < 1.29 is 32.5 Å². The minimum atomic E-state index is -4.72. The van der Waals surface area contributed by atoms with Gasteiger partial charge >= 0.3 is 6.18 Å². The number of benzene rings is 1. The Morgan fingerprint density at radius 3 is 2.82 bits per heavy atom. The van der Waals surface area contributed by atoms with Crippen molar-refractivity contribution in [1.29, 1.82) is 5.26 Å². The van der Waals surface area contributed by atoms with E-state index in [1.807, 2.05) is 0 Å². The number of amides is 1. The fraction of sp³-hybridized carbons (Fsp3) is 0.579. The van der Waals surface area contributed by atoms with Crippen molar-refractivity contribution in [3.8, 4) is 6.07 Å². The molecule has 4 heterocycles. The highest BCUT2D eigenvalue weighted by molar-refractivity contribution is 6.00. The number of fused-ring (bicyclic) bond motifs is 2. The molecule has 6 atom stereocenters. The van der Waals surface area contributed by atoms with Crippen LogP contribution in [0.5, 0.6) is 0 Å². The number of hydrogen-bond acceptors (Lipinski definition) is 5. The van der Waals surface area contributed by atoms with E-state index in [4.69, 9.17) is 14.7 Å². The Bertz CT molecular complexity index is 929. The van der Waals surface area contributed by atoms with Crippen LogP contribution in [0.4, 0.5) is 18.9 Å². The van der Waals surface area contributed by atoms with Gasteiger partial charge in [-0.2, -0.15) is 18.4 Å². The van der Waals surface area contributed by atoms with E-state index in [0.29, 0.717) is 12.8 Å². The first-order valence-electron chi connectivity index (χ1n) is 9.07. The summed E-state index contributed by atoms with van der Waals surface area (Å²) in [6, 6.07) is 4.77. The van der Waals surface area contributed by atoms with E-state index in [1.165, 1.54) is 11.0 Å². The number of nitriles is 1. The predicted molar refractivity (Wildman–Crippen MR) is 87.8 cm³/mol. The molecule has 4 saturated heterocycles. The second-order valence-electron chi connectivity index (χ2n) is 8.15. The van der Waals surface area contributed by atoms with E-state index in [0.717, 1.165) is 12.1 Å². The number of nitrogens with zero attached hydrogens (tertiary/aromatic N) is 2. The first kappa shape index (κ1) is 17.9. The Balaban J connectivity index is 1.62. The van der Waals surface area contributed by atoms with Gasteiger partial charge in [0, 0.05) is 18.5 Å². The van der Waals surface area contributed by atoms with Gasteiger partial charge in [0.1, 0.15) is 11.8 Å². The number of hydrogen-bond donors (Lipinski definition) is 1. The van der Waals surface area contributed by atoms with Crippen molar-refractivity contribution in [2.45, 2.75) is 49.5 Å². The molecule has 0 unspecified atom stereocenters. The zero-order valence-electron chi connectivity index (χ0n) is 14.9. The highest BCUT2D eigenvalue weighted by Gasteiger charge is 2.78. The summed E-state index contributed by atoms with van der Waals surface area (Å²) in [5.74, 6) is -1.41. The SMILES string of the molecule is C[C@@]12C[C@H](O)[C@]3(CCO[C@H]4[C@@H]3[C@@H]1C(=O)N4c1ccc(C#N)c(C(F)(F)F)c1)O2. The van der Waals surface area contributed by atoms with E-state index in [9.17, 15) is 23.1 Å². The lowest BCUT2D eigenvalue weighted by Crippen LogP contribution is -2.56. The van der Waals surface area contributed by atoms with Crippen LogP contribution in [0.25, 0.3) is 0 Å². The molecule has 1 aromatic rings. The van der Waals surface area contributed by atoms with Crippen LogP contribution in [0, 0.1) is 23.2 Å². The van der Waals surface area contributed by atoms with Gasteiger partial charge in [-0.3, -0.25) is 9.69 Å². The predicted octanol–water partition coefficient (Wildman–Crippen LogP) is 2.19. The molecule has 4 fully saturated rings. The Labute approximate surface area is 158 Å². The molecule has 0 aliphatic carbocycles. The van der Waals surface area contributed by atoms with Crippen LogP contribution < -0.4 is 4.90 Å². The molecular weight excluding hydrogens is 377 g/mol. The van der Waals surface area contributed by atoms with Gasteiger partial charge in [-0.15, -0.1) is 0 Å². The molecule has 0 radical (unpaired) electrons. The average molecular weight is 394 g/mol. The number of ether oxygens (including phenoxy) is 2. The molecule has 9 heteroatoms. The molecular formula is C19H17F3N2O4. The van der Waals surface area contributed by atoms with Crippen molar-refractivity contribution in [2.24, 2.45) is 11.8 Å². The standard InChI is InChI=1S/C19H17F3N2O4/c1-17-7-12(25)18(28-17)4-5-27-16-14(18)13(17)15(26)24(16)10-3-2-9(8-23)11(6-10)19(20,21)22/h2-3,6,12-14,16,25H,4-5,7H2,1H3/t12-,13+,14-,16-,17+,18-/m0/s1. The van der Waals surface area contributed by atoms with E-state index in [2.05, 4.69) is 0 Å². The zero-order valence-corrected chi connectivity index (χ0v) is 14.9. The van der Waals surface area contributed by atoms with Gasteiger partial charge in [-0.1, -0.05) is 0 Å². The van der Waals surface area contributed by atoms with E-state index in [-0.39, 0.29) is 18.2 Å². The van der Waals surface area contributed by atoms with E-state index >= 15 is 0 Å². The van der Waals surface area contributed by atoms with Crippen LogP contribution in [0.1, 0.15) is 30.9 Å². The van der Waals surface area contributed by atoms with Gasteiger partial charge in [0.25, 0.3) is 0 Å². The molecule has 4 aliphatic rings. The third kappa shape index (κ3) is 2.00. The van der Waals surface area contributed by atoms with Crippen LogP contribution in [0.15, 0.2) is 18.2 Å². The molecule has 0 aromatic heterocycles. The summed E-state index contributed by atoms with van der Waals surface area (Å²) in [4.78, 5) is 14.5. The van der Waals surface area contributed by atoms with Gasteiger partial charge in [-0.25, -0.2) is 0 Å². The maximum absolute atomic E-state index is 13.4. The zero-order chi connectivity index (χ0) is 20.1. The number of aliphatic hydroxyl groups is 1. The summed E-state index contributed by atoms with van der Waals surface area (Å²) in [6.07, 6.45) is -5.54. The quantitative estimate of drug-likeness (QED) is 0.790. The monoisotopic (exact) mass is 394 g/mol. The molecule has 6 nitrogen and oxygen atoms in total. The Morgan fingerprint density at radius 1 is 1.39 bits per heavy atom. The topological polar surface area (TPSA) is 82.8 Å². The van der Waals surface area contributed by atoms with Crippen LogP contribution >= 0.6 is 0 Å². The van der Waals surface area contributed by atoms with Crippen molar-refractivity contribution in [3.05, 3.63) is 29.3 Å². The molecule has 1 spiro atoms. The highest BCUT2D eigenvalue weighted by atomic mass is 19.4.